The normalized spacial score (nSPS) is 7.00. The molecule has 0 spiro atoms. The van der Waals surface area contributed by atoms with Crippen LogP contribution in [0.5, 0.6) is 0 Å². The van der Waals surface area contributed by atoms with E-state index in [1.807, 2.05) is 0 Å². The molecule has 0 aromatic heterocycles. The van der Waals surface area contributed by atoms with Crippen molar-refractivity contribution in [3.8, 4) is 0 Å². The first-order valence-electron chi connectivity index (χ1n) is 0.500. The summed E-state index contributed by atoms with van der Waals surface area (Å²) >= 11 is -3.11. The van der Waals surface area contributed by atoms with Crippen molar-refractivity contribution in [2.75, 3.05) is 0 Å². The lowest BCUT2D eigenvalue weighted by Crippen LogP contribution is -1.76. The molecule has 0 bridgehead atoms. The molecule has 0 rings (SSSR count). The monoisotopic (exact) mass is 115 g/mol. The lowest BCUT2D eigenvalue weighted by Gasteiger charge is -2.03. The van der Waals surface area contributed by atoms with E-state index < -0.39 is 11.4 Å². The molecule has 0 fully saturated rings. The number of hydrogen-bond acceptors (Lipinski definition) is 3. The maximum absolute atomic E-state index is 8.44. The van der Waals surface area contributed by atoms with Gasteiger partial charge in [0.25, 0.3) is 0 Å². The van der Waals surface area contributed by atoms with Crippen LogP contribution >= 0.6 is 0 Å². The van der Waals surface area contributed by atoms with Gasteiger partial charge < -0.3 is 9.11 Å². The van der Waals surface area contributed by atoms with Gasteiger partial charge in [-0.2, -0.15) is 0 Å². The quantitative estimate of drug-likeness (QED) is 0.380. The molecule has 0 atom stereocenters. The molecule has 3 nitrogen and oxygen atoms in total. The van der Waals surface area contributed by atoms with Gasteiger partial charge in [0.15, 0.2) is 0 Å². The molecular weight excluding hydrogens is 116 g/mol. The highest BCUT2D eigenvalue weighted by atomic mass is 35.5. The van der Waals surface area contributed by atoms with Crippen molar-refractivity contribution in [2.45, 2.75) is 0 Å². The van der Waals surface area contributed by atoms with Crippen molar-refractivity contribution in [3.63, 3.8) is 0 Å². The zero-order chi connectivity index (χ0) is 3.58. The third-order valence-corrected chi connectivity index (χ3v) is 0. The molecule has 0 N–H and O–H groups in total. The Bertz CT molecular complexity index is 29.9. The standard InChI is InChI=1S/Cl.H2O3S/c;1-4(2)3/h;(H2,1,2,3)/q+2;/p-2. The predicted octanol–water partition coefficient (Wildman–Crippen LogP) is -1.00. The van der Waals surface area contributed by atoms with E-state index in [0.29, 0.717) is 0 Å². The fourth-order valence-corrected chi connectivity index (χ4v) is 0. The first-order chi connectivity index (χ1) is 1.73. The van der Waals surface area contributed by atoms with E-state index in [1.54, 1.807) is 0 Å². The minimum absolute atomic E-state index is 0. The largest absolute Gasteiger partial charge is 2.00 e. The Kier molecular flexibility index (Phi) is 7.87. The Morgan fingerprint density at radius 2 is 1.40 bits per heavy atom. The molecule has 31 valence electrons. The van der Waals surface area contributed by atoms with Crippen LogP contribution in [0.25, 0.3) is 0 Å². The van der Waals surface area contributed by atoms with E-state index in [-0.39, 0.29) is 12.4 Å². The van der Waals surface area contributed by atoms with Crippen molar-refractivity contribution in [1.82, 2.24) is 0 Å². The fourth-order valence-electron chi connectivity index (χ4n) is 0. The van der Waals surface area contributed by atoms with Crippen LogP contribution in [0.15, 0.2) is 0 Å². The Morgan fingerprint density at radius 3 is 1.40 bits per heavy atom. The summed E-state index contributed by atoms with van der Waals surface area (Å²) in [5, 5.41) is 0. The maximum Gasteiger partial charge on any atom is 2.00 e. The van der Waals surface area contributed by atoms with Gasteiger partial charge in [0, 0.05) is 0 Å². The fraction of sp³-hybridized carbons (Fsp3) is 0. The highest BCUT2D eigenvalue weighted by Gasteiger charge is 2.00. The van der Waals surface area contributed by atoms with Gasteiger partial charge in [-0.05, 0) is 0 Å². The molecule has 0 unspecified atom stereocenters. The van der Waals surface area contributed by atoms with Crippen LogP contribution in [0.1, 0.15) is 0 Å². The summed E-state index contributed by atoms with van der Waals surface area (Å²) in [5.41, 5.74) is 0. The van der Waals surface area contributed by atoms with Gasteiger partial charge in [0.2, 0.25) is 0 Å². The molecule has 0 amide bonds. The van der Waals surface area contributed by atoms with E-state index in [9.17, 15) is 0 Å². The van der Waals surface area contributed by atoms with Crippen molar-refractivity contribution >= 4 is 11.4 Å². The van der Waals surface area contributed by atoms with Gasteiger partial charge >= 0.3 is 12.4 Å². The van der Waals surface area contributed by atoms with Crippen LogP contribution in [-0.2, 0) is 11.4 Å². The summed E-state index contributed by atoms with van der Waals surface area (Å²) in [6, 6.07) is 0. The minimum Gasteiger partial charge on any atom is -0.784 e. The Hall–Kier alpha value is 0.360. The summed E-state index contributed by atoms with van der Waals surface area (Å²) in [4.78, 5) is 0. The van der Waals surface area contributed by atoms with Crippen molar-refractivity contribution in [3.05, 3.63) is 0 Å². The minimum atomic E-state index is -3.11. The first-order valence-corrected chi connectivity index (χ1v) is 1.50. The summed E-state index contributed by atoms with van der Waals surface area (Å²) in [5.74, 6) is 0. The van der Waals surface area contributed by atoms with E-state index in [2.05, 4.69) is 0 Å². The molecule has 0 heterocycles. The lowest BCUT2D eigenvalue weighted by atomic mass is 15.8. The molecule has 0 saturated heterocycles. The second kappa shape index (κ2) is 4.36. The average molecular weight is 116 g/mol. The van der Waals surface area contributed by atoms with Crippen LogP contribution in [0.2, 0.25) is 0 Å². The molecule has 0 aromatic rings. The molecule has 0 aromatic carbocycles. The SMILES string of the molecule is O=S([O-])[O-].[Cl+2]. The zero-order valence-corrected chi connectivity index (χ0v) is 3.58. The van der Waals surface area contributed by atoms with Crippen LogP contribution in [0, 0.1) is 12.4 Å². The summed E-state index contributed by atoms with van der Waals surface area (Å²) in [6.45, 7) is 0. The van der Waals surface area contributed by atoms with Gasteiger partial charge in [0.05, 0.1) is 0 Å². The Morgan fingerprint density at radius 1 is 1.40 bits per heavy atom. The topological polar surface area (TPSA) is 63.2 Å². The average Bonchev–Trinajstić information content (AvgIpc) is 0.811. The third kappa shape index (κ3) is 187. The van der Waals surface area contributed by atoms with Gasteiger partial charge in [-0.25, -0.2) is 0 Å². The molecule has 3 radical (unpaired) electrons. The molecular formula is ClO3S. The predicted molar refractivity (Wildman–Crippen MR) is 9.70 cm³/mol. The number of halogens is 1. The molecule has 0 aliphatic rings. The highest BCUT2D eigenvalue weighted by Crippen LogP contribution is 1.42. The van der Waals surface area contributed by atoms with Crippen LogP contribution in [0.4, 0.5) is 0 Å². The Labute approximate surface area is 37.9 Å². The summed E-state index contributed by atoms with van der Waals surface area (Å²) < 4.78 is 25.3. The Balaban J connectivity index is 0. The summed E-state index contributed by atoms with van der Waals surface area (Å²) in [7, 11) is 0. The van der Waals surface area contributed by atoms with Gasteiger partial charge in [-0.15, -0.1) is 11.4 Å². The zero-order valence-electron chi connectivity index (χ0n) is 2.01. The molecule has 0 saturated carbocycles. The van der Waals surface area contributed by atoms with Gasteiger partial charge in [-0.1, -0.05) is 0 Å². The van der Waals surface area contributed by atoms with Crippen molar-refractivity contribution < 1.29 is 25.7 Å². The smallest absolute Gasteiger partial charge is 0.784 e. The van der Waals surface area contributed by atoms with E-state index in [0.717, 1.165) is 0 Å². The van der Waals surface area contributed by atoms with Gasteiger partial charge in [0.1, 0.15) is 0 Å². The number of rotatable bonds is 0. The molecule has 0 aliphatic carbocycles. The molecule has 0 aliphatic heterocycles. The maximum atomic E-state index is 8.44. The third-order valence-electron chi connectivity index (χ3n) is 0. The van der Waals surface area contributed by atoms with Crippen LogP contribution in [-0.4, -0.2) is 13.3 Å². The van der Waals surface area contributed by atoms with Crippen LogP contribution < -0.4 is 0 Å². The van der Waals surface area contributed by atoms with E-state index >= 15 is 0 Å². The van der Waals surface area contributed by atoms with Crippen LogP contribution in [0.3, 0.4) is 0 Å². The van der Waals surface area contributed by atoms with E-state index in [4.69, 9.17) is 13.3 Å². The van der Waals surface area contributed by atoms with E-state index in [1.165, 1.54) is 0 Å². The second-order valence-electron chi connectivity index (χ2n) is 0.204. The second-order valence-corrected chi connectivity index (χ2v) is 0.612. The van der Waals surface area contributed by atoms with Gasteiger partial charge in [-0.3, -0.25) is 4.21 Å². The summed E-state index contributed by atoms with van der Waals surface area (Å²) in [6.07, 6.45) is 0. The van der Waals surface area contributed by atoms with Crippen molar-refractivity contribution in [2.24, 2.45) is 0 Å². The molecule has 5 heteroatoms. The number of hydrogen-bond donors (Lipinski definition) is 0. The lowest BCUT2D eigenvalue weighted by molar-refractivity contribution is -0.00000532. The first kappa shape index (κ1) is 9.03. The molecule has 5 heavy (non-hydrogen) atoms. The highest BCUT2D eigenvalue weighted by molar-refractivity contribution is 7.72. The van der Waals surface area contributed by atoms with Crippen molar-refractivity contribution in [1.29, 1.82) is 0 Å².